The lowest BCUT2D eigenvalue weighted by molar-refractivity contribution is -0.617. The zero-order valence-corrected chi connectivity index (χ0v) is 14.3. The fourth-order valence-electron chi connectivity index (χ4n) is 4.02. The van der Waals surface area contributed by atoms with Crippen LogP contribution in [0.1, 0.15) is 5.56 Å². The predicted octanol–water partition coefficient (Wildman–Crippen LogP) is 3.34. The van der Waals surface area contributed by atoms with Gasteiger partial charge in [0, 0.05) is 11.5 Å². The third-order valence-electron chi connectivity index (χ3n) is 5.25. The Bertz CT molecular complexity index is 1370. The lowest BCUT2D eigenvalue weighted by Gasteiger charge is -2.06. The van der Waals surface area contributed by atoms with E-state index in [9.17, 15) is 4.79 Å². The van der Waals surface area contributed by atoms with E-state index in [1.54, 1.807) is 7.11 Å². The fraction of sp³-hybridized carbons (Fsp3) is 0.143. The smallest absolute Gasteiger partial charge is 0.347 e. The number of aryl methyl sites for hydroxylation is 2. The third-order valence-corrected chi connectivity index (χ3v) is 5.25. The van der Waals surface area contributed by atoms with Crippen molar-refractivity contribution in [1.29, 1.82) is 0 Å². The van der Waals surface area contributed by atoms with Crippen LogP contribution in [0.3, 0.4) is 0 Å². The summed E-state index contributed by atoms with van der Waals surface area (Å²) in [7, 11) is 3.65. The Labute approximate surface area is 143 Å². The highest BCUT2D eigenvalue weighted by atomic mass is 16.5. The van der Waals surface area contributed by atoms with Gasteiger partial charge >= 0.3 is 5.56 Å². The lowest BCUT2D eigenvalue weighted by atomic mass is 9.99. The van der Waals surface area contributed by atoms with Crippen LogP contribution in [-0.2, 0) is 7.05 Å². The molecular weight excluding hydrogens is 312 g/mol. The summed E-state index contributed by atoms with van der Waals surface area (Å²) in [6, 6.07) is 16.1. The molecule has 0 spiro atoms. The first-order valence-electron chi connectivity index (χ1n) is 8.27. The highest BCUT2D eigenvalue weighted by molar-refractivity contribution is 6.15. The highest BCUT2D eigenvalue weighted by Gasteiger charge is 2.25. The molecule has 122 valence electrons. The predicted molar refractivity (Wildman–Crippen MR) is 99.8 cm³/mol. The molecule has 0 saturated carbocycles. The maximum absolute atomic E-state index is 13.3. The molecule has 0 bridgehead atoms. The Kier molecular flexibility index (Phi) is 2.67. The topological polar surface area (TPSA) is 34.6 Å². The molecule has 0 unspecified atom stereocenters. The van der Waals surface area contributed by atoms with Crippen molar-refractivity contribution < 1.29 is 9.30 Å². The third kappa shape index (κ3) is 1.66. The molecule has 5 rings (SSSR count). The van der Waals surface area contributed by atoms with Crippen molar-refractivity contribution in [2.24, 2.45) is 7.05 Å². The number of fused-ring (bicyclic) bond motifs is 4. The second-order valence-corrected chi connectivity index (χ2v) is 6.54. The van der Waals surface area contributed by atoms with Crippen LogP contribution in [0.5, 0.6) is 5.75 Å². The van der Waals surface area contributed by atoms with E-state index in [1.807, 2.05) is 41.8 Å². The van der Waals surface area contributed by atoms with E-state index in [1.165, 1.54) is 5.56 Å². The number of benzene rings is 3. The molecule has 0 atom stereocenters. The summed E-state index contributed by atoms with van der Waals surface area (Å²) >= 11 is 0. The van der Waals surface area contributed by atoms with Gasteiger partial charge in [0.25, 0.3) is 5.65 Å². The van der Waals surface area contributed by atoms with Crippen molar-refractivity contribution >= 4 is 38.2 Å². The molecule has 0 saturated heterocycles. The lowest BCUT2D eigenvalue weighted by Crippen LogP contribution is -2.29. The summed E-state index contributed by atoms with van der Waals surface area (Å²) in [5.74, 6) is 0.745. The number of hydrogen-bond acceptors (Lipinski definition) is 2. The van der Waals surface area contributed by atoms with Crippen molar-refractivity contribution in [2.75, 3.05) is 7.11 Å². The monoisotopic (exact) mass is 329 g/mol. The van der Waals surface area contributed by atoms with E-state index in [0.717, 1.165) is 44.0 Å². The second-order valence-electron chi connectivity index (χ2n) is 6.54. The van der Waals surface area contributed by atoms with Gasteiger partial charge in [0.2, 0.25) is 0 Å². The van der Waals surface area contributed by atoms with Crippen LogP contribution in [0, 0.1) is 6.92 Å². The van der Waals surface area contributed by atoms with E-state index in [0.29, 0.717) is 0 Å². The second kappa shape index (κ2) is 4.70. The molecule has 4 heteroatoms. The van der Waals surface area contributed by atoms with E-state index in [-0.39, 0.29) is 5.56 Å². The first-order valence-corrected chi connectivity index (χ1v) is 8.27. The van der Waals surface area contributed by atoms with E-state index in [2.05, 4.69) is 29.7 Å². The molecule has 0 N–H and O–H groups in total. The molecule has 0 radical (unpaired) electrons. The summed E-state index contributed by atoms with van der Waals surface area (Å²) in [6.45, 7) is 2.09. The van der Waals surface area contributed by atoms with Crippen LogP contribution >= 0.6 is 0 Å². The van der Waals surface area contributed by atoms with Crippen molar-refractivity contribution in [2.45, 2.75) is 6.92 Å². The maximum atomic E-state index is 13.3. The van der Waals surface area contributed by atoms with Gasteiger partial charge in [0.05, 0.1) is 24.9 Å². The molecule has 5 aromatic rings. The van der Waals surface area contributed by atoms with Gasteiger partial charge in [0.1, 0.15) is 5.75 Å². The quantitative estimate of drug-likeness (QED) is 0.442. The zero-order valence-electron chi connectivity index (χ0n) is 14.3. The van der Waals surface area contributed by atoms with Gasteiger partial charge in [-0.15, -0.1) is 0 Å². The van der Waals surface area contributed by atoms with Gasteiger partial charge in [0.15, 0.2) is 11.0 Å². The van der Waals surface area contributed by atoms with Crippen LogP contribution in [0.4, 0.5) is 0 Å². The standard InChI is InChI=1S/C21H17N2O2/c1-12-7-9-15-19-14(12)5-4-6-16(19)21(24)23-18-11-13(25-3)8-10-17(18)22(2)20(15)23/h4-11H,1-3H3/q+1. The largest absolute Gasteiger partial charge is 0.497 e. The van der Waals surface area contributed by atoms with Gasteiger partial charge in [-0.3, -0.25) is 0 Å². The summed E-state index contributed by atoms with van der Waals surface area (Å²) in [4.78, 5) is 13.3. The first-order chi connectivity index (χ1) is 12.1. The average molecular weight is 329 g/mol. The van der Waals surface area contributed by atoms with Crippen LogP contribution in [0.15, 0.2) is 53.3 Å². The molecule has 0 aliphatic rings. The van der Waals surface area contributed by atoms with E-state index in [4.69, 9.17) is 4.74 Å². The summed E-state index contributed by atoms with van der Waals surface area (Å²) in [5, 5.41) is 4.03. The van der Waals surface area contributed by atoms with Gasteiger partial charge < -0.3 is 4.74 Å². The Morgan fingerprint density at radius 1 is 1.00 bits per heavy atom. The number of nitrogens with zero attached hydrogens (tertiary/aromatic N) is 2. The molecule has 2 heterocycles. The normalized spacial score (nSPS) is 12.0. The van der Waals surface area contributed by atoms with Gasteiger partial charge in [-0.2, -0.15) is 4.40 Å². The number of imidazole rings is 1. The van der Waals surface area contributed by atoms with E-state index >= 15 is 0 Å². The number of methoxy groups -OCH3 is 1. The number of ether oxygens (including phenoxy) is 1. The average Bonchev–Trinajstić information content (AvgIpc) is 2.93. The number of aromatic nitrogens is 2. The molecule has 0 aliphatic heterocycles. The Hall–Kier alpha value is -3.14. The Balaban J connectivity index is 2.19. The number of hydrogen-bond donors (Lipinski definition) is 0. The molecule has 2 aromatic heterocycles. The summed E-state index contributed by atoms with van der Waals surface area (Å²) in [6.07, 6.45) is 0. The first kappa shape index (κ1) is 14.2. The molecule has 0 fully saturated rings. The molecule has 25 heavy (non-hydrogen) atoms. The molecular formula is C21H17N2O2+. The van der Waals surface area contributed by atoms with Crippen molar-refractivity contribution in [3.05, 3.63) is 64.4 Å². The van der Waals surface area contributed by atoms with Gasteiger partial charge in [-0.05, 0) is 42.1 Å². The molecule has 0 amide bonds. The van der Waals surface area contributed by atoms with Crippen LogP contribution < -0.4 is 14.9 Å². The van der Waals surface area contributed by atoms with Crippen LogP contribution in [0.2, 0.25) is 0 Å². The van der Waals surface area contributed by atoms with Crippen LogP contribution in [-0.4, -0.2) is 11.5 Å². The minimum Gasteiger partial charge on any atom is -0.497 e. The SMILES string of the molecule is COc1ccc2c(c1)n1c(=O)c3cccc4c(C)ccc(c43)c1[n+]2C. The molecule has 0 aliphatic carbocycles. The van der Waals surface area contributed by atoms with Gasteiger partial charge in [-0.1, -0.05) is 18.2 Å². The van der Waals surface area contributed by atoms with Gasteiger partial charge in [-0.25, -0.2) is 9.36 Å². The molecule has 4 nitrogen and oxygen atoms in total. The zero-order chi connectivity index (χ0) is 17.3. The highest BCUT2D eigenvalue weighted by Crippen LogP contribution is 2.31. The summed E-state index contributed by atoms with van der Waals surface area (Å²) < 4.78 is 9.27. The van der Waals surface area contributed by atoms with Crippen molar-refractivity contribution in [1.82, 2.24) is 4.40 Å². The Morgan fingerprint density at radius 2 is 1.80 bits per heavy atom. The maximum Gasteiger partial charge on any atom is 0.347 e. The van der Waals surface area contributed by atoms with Crippen molar-refractivity contribution in [3.63, 3.8) is 0 Å². The molecule has 3 aromatic carbocycles. The fourth-order valence-corrected chi connectivity index (χ4v) is 4.02. The number of rotatable bonds is 1. The Morgan fingerprint density at radius 3 is 2.60 bits per heavy atom. The van der Waals surface area contributed by atoms with Crippen molar-refractivity contribution in [3.8, 4) is 5.75 Å². The minimum atomic E-state index is 0.0116. The minimum absolute atomic E-state index is 0.0116. The summed E-state index contributed by atoms with van der Waals surface area (Å²) in [5.41, 5.74) is 3.98. The number of pyridine rings is 1. The van der Waals surface area contributed by atoms with E-state index < -0.39 is 0 Å². The van der Waals surface area contributed by atoms with Crippen LogP contribution in [0.25, 0.3) is 38.2 Å².